The van der Waals surface area contributed by atoms with E-state index in [4.69, 9.17) is 11.0 Å². The van der Waals surface area contributed by atoms with E-state index in [1.165, 1.54) is 30.3 Å². The lowest BCUT2D eigenvalue weighted by atomic mass is 10.1. The second kappa shape index (κ2) is 7.22. The Kier molecular flexibility index (Phi) is 5.10. The molecule has 0 spiro atoms. The molecule has 0 saturated carbocycles. The SMILES string of the molecule is N#Cc1ccc(-c2ccc(F)cc2)nc1/C(N)=C/C=N/C(F)F. The number of halogens is 3. The van der Waals surface area contributed by atoms with Crippen LogP contribution in [0.15, 0.2) is 47.5 Å². The second-order valence-corrected chi connectivity index (χ2v) is 4.41. The Bertz CT molecular complexity index is 790. The van der Waals surface area contributed by atoms with Crippen LogP contribution in [0.3, 0.4) is 0 Å². The zero-order valence-electron chi connectivity index (χ0n) is 11.7. The summed E-state index contributed by atoms with van der Waals surface area (Å²) in [5.41, 5.74) is 7.25. The molecule has 0 aliphatic heterocycles. The van der Waals surface area contributed by atoms with Crippen molar-refractivity contribution >= 4 is 11.9 Å². The molecule has 0 unspecified atom stereocenters. The molecule has 0 aliphatic carbocycles. The lowest BCUT2D eigenvalue weighted by molar-refractivity contribution is 0.161. The van der Waals surface area contributed by atoms with Crippen molar-refractivity contribution in [3.05, 3.63) is 59.5 Å². The highest BCUT2D eigenvalue weighted by molar-refractivity contribution is 5.84. The summed E-state index contributed by atoms with van der Waals surface area (Å²) < 4.78 is 36.9. The summed E-state index contributed by atoms with van der Waals surface area (Å²) in [6.07, 6.45) is 2.00. The highest BCUT2D eigenvalue weighted by atomic mass is 19.3. The molecule has 7 heteroatoms. The molecule has 0 saturated heterocycles. The van der Waals surface area contributed by atoms with Gasteiger partial charge in [-0.3, -0.25) is 0 Å². The Morgan fingerprint density at radius 3 is 2.52 bits per heavy atom. The van der Waals surface area contributed by atoms with Gasteiger partial charge in [-0.15, -0.1) is 0 Å². The number of hydrogen-bond donors (Lipinski definition) is 1. The van der Waals surface area contributed by atoms with Gasteiger partial charge in [0.25, 0.3) is 0 Å². The summed E-state index contributed by atoms with van der Waals surface area (Å²) in [5, 5.41) is 9.10. The molecule has 0 aliphatic rings. The third-order valence-corrected chi connectivity index (χ3v) is 2.88. The minimum Gasteiger partial charge on any atom is -0.397 e. The molecular formula is C16H11F3N4. The van der Waals surface area contributed by atoms with Gasteiger partial charge in [0.1, 0.15) is 17.6 Å². The number of nitrogens with two attached hydrogens (primary N) is 1. The second-order valence-electron chi connectivity index (χ2n) is 4.41. The van der Waals surface area contributed by atoms with Crippen molar-refractivity contribution < 1.29 is 13.2 Å². The number of nitriles is 1. The number of benzene rings is 1. The number of aliphatic imine (C=N–C) groups is 1. The maximum Gasteiger partial charge on any atom is 0.331 e. The number of hydrogen-bond acceptors (Lipinski definition) is 4. The standard InChI is InChI=1S/C16H11F3N4/c17-12-4-1-10(2-5-12)14-6-3-11(9-20)15(23-14)13(21)7-8-22-16(18)19/h1-8,16H,21H2/b13-7-,22-8+. The fourth-order valence-corrected chi connectivity index (χ4v) is 1.82. The van der Waals surface area contributed by atoms with E-state index in [0.717, 1.165) is 12.3 Å². The van der Waals surface area contributed by atoms with Gasteiger partial charge in [0.2, 0.25) is 0 Å². The molecule has 1 aromatic heterocycles. The Morgan fingerprint density at radius 1 is 1.22 bits per heavy atom. The molecule has 0 amide bonds. The maximum atomic E-state index is 13.0. The predicted octanol–water partition coefficient (Wildman–Crippen LogP) is 3.35. The van der Waals surface area contributed by atoms with E-state index in [-0.39, 0.29) is 22.8 Å². The van der Waals surface area contributed by atoms with Gasteiger partial charge in [0.05, 0.1) is 17.0 Å². The summed E-state index contributed by atoms with van der Waals surface area (Å²) in [6, 6.07) is 10.7. The molecule has 4 nitrogen and oxygen atoms in total. The average molecular weight is 316 g/mol. The van der Waals surface area contributed by atoms with Crippen LogP contribution in [-0.2, 0) is 0 Å². The normalized spacial score (nSPS) is 11.9. The van der Waals surface area contributed by atoms with E-state index in [2.05, 4.69) is 9.98 Å². The molecule has 23 heavy (non-hydrogen) atoms. The third-order valence-electron chi connectivity index (χ3n) is 2.88. The van der Waals surface area contributed by atoms with Crippen LogP contribution in [0.2, 0.25) is 0 Å². The number of aromatic nitrogens is 1. The van der Waals surface area contributed by atoms with Crippen LogP contribution in [0, 0.1) is 17.1 Å². The van der Waals surface area contributed by atoms with Gasteiger partial charge < -0.3 is 5.73 Å². The zero-order chi connectivity index (χ0) is 16.8. The first-order chi connectivity index (χ1) is 11.0. The molecule has 0 atom stereocenters. The van der Waals surface area contributed by atoms with Crippen molar-refractivity contribution in [1.82, 2.24) is 4.98 Å². The van der Waals surface area contributed by atoms with Gasteiger partial charge in [0.15, 0.2) is 0 Å². The van der Waals surface area contributed by atoms with Crippen LogP contribution < -0.4 is 5.73 Å². The van der Waals surface area contributed by atoms with E-state index < -0.39 is 6.55 Å². The van der Waals surface area contributed by atoms with Crippen molar-refractivity contribution in [3.8, 4) is 17.3 Å². The summed E-state index contributed by atoms with van der Waals surface area (Å²) in [5.74, 6) is -0.384. The van der Waals surface area contributed by atoms with Gasteiger partial charge >= 0.3 is 6.55 Å². The minimum atomic E-state index is -2.84. The molecule has 2 rings (SSSR count). The van der Waals surface area contributed by atoms with Gasteiger partial charge in [0, 0.05) is 11.8 Å². The molecule has 2 aromatic rings. The van der Waals surface area contributed by atoms with E-state index in [1.54, 1.807) is 6.07 Å². The van der Waals surface area contributed by atoms with Crippen LogP contribution in [0.1, 0.15) is 11.3 Å². The molecule has 0 radical (unpaired) electrons. The first-order valence-corrected chi connectivity index (χ1v) is 6.46. The summed E-state index contributed by atoms with van der Waals surface area (Å²) in [4.78, 5) is 7.12. The van der Waals surface area contributed by atoms with Gasteiger partial charge in [-0.2, -0.15) is 14.0 Å². The first-order valence-electron chi connectivity index (χ1n) is 6.46. The lowest BCUT2D eigenvalue weighted by Crippen LogP contribution is -2.04. The van der Waals surface area contributed by atoms with Crippen molar-refractivity contribution in [1.29, 1.82) is 5.26 Å². The summed E-state index contributed by atoms with van der Waals surface area (Å²) >= 11 is 0. The van der Waals surface area contributed by atoms with Crippen molar-refractivity contribution in [2.45, 2.75) is 6.55 Å². The van der Waals surface area contributed by atoms with E-state index in [9.17, 15) is 13.2 Å². The van der Waals surface area contributed by atoms with Crippen LogP contribution in [0.4, 0.5) is 13.2 Å². The third kappa shape index (κ3) is 4.17. The largest absolute Gasteiger partial charge is 0.397 e. The first kappa shape index (κ1) is 16.2. The number of rotatable bonds is 4. The monoisotopic (exact) mass is 316 g/mol. The van der Waals surface area contributed by atoms with Crippen LogP contribution in [0.5, 0.6) is 0 Å². The number of pyridine rings is 1. The highest BCUT2D eigenvalue weighted by Crippen LogP contribution is 2.21. The number of alkyl halides is 2. The van der Waals surface area contributed by atoms with Crippen LogP contribution in [-0.4, -0.2) is 17.7 Å². The van der Waals surface area contributed by atoms with Crippen LogP contribution in [0.25, 0.3) is 17.0 Å². The van der Waals surface area contributed by atoms with Gasteiger partial charge in [-0.05, 0) is 42.5 Å². The Labute approximate surface area is 130 Å². The Morgan fingerprint density at radius 2 is 1.91 bits per heavy atom. The summed E-state index contributed by atoms with van der Waals surface area (Å²) in [7, 11) is 0. The fraction of sp³-hybridized carbons (Fsp3) is 0.0625. The van der Waals surface area contributed by atoms with Gasteiger partial charge in [-0.25, -0.2) is 14.4 Å². The quantitative estimate of drug-likeness (QED) is 0.694. The smallest absolute Gasteiger partial charge is 0.331 e. The molecule has 0 fully saturated rings. The highest BCUT2D eigenvalue weighted by Gasteiger charge is 2.09. The van der Waals surface area contributed by atoms with E-state index >= 15 is 0 Å². The van der Waals surface area contributed by atoms with Crippen molar-refractivity contribution in [2.24, 2.45) is 10.7 Å². The average Bonchev–Trinajstić information content (AvgIpc) is 2.54. The number of allylic oxidation sites excluding steroid dienone is 1. The molecule has 1 aromatic carbocycles. The van der Waals surface area contributed by atoms with Crippen molar-refractivity contribution in [3.63, 3.8) is 0 Å². The molecular weight excluding hydrogens is 305 g/mol. The zero-order valence-corrected chi connectivity index (χ0v) is 11.7. The fourth-order valence-electron chi connectivity index (χ4n) is 1.82. The topological polar surface area (TPSA) is 75.1 Å². The molecule has 2 N–H and O–H groups in total. The summed E-state index contributed by atoms with van der Waals surface area (Å²) in [6.45, 7) is -2.84. The molecule has 1 heterocycles. The molecule has 0 bridgehead atoms. The van der Waals surface area contributed by atoms with E-state index in [0.29, 0.717) is 11.3 Å². The van der Waals surface area contributed by atoms with Crippen molar-refractivity contribution in [2.75, 3.05) is 0 Å². The van der Waals surface area contributed by atoms with Gasteiger partial charge in [-0.1, -0.05) is 0 Å². The Hall–Kier alpha value is -3.14. The number of nitrogens with zero attached hydrogens (tertiary/aromatic N) is 3. The minimum absolute atomic E-state index is 0.0231. The Balaban J connectivity index is 2.44. The van der Waals surface area contributed by atoms with Crippen LogP contribution >= 0.6 is 0 Å². The van der Waals surface area contributed by atoms with E-state index in [1.807, 2.05) is 6.07 Å². The predicted molar refractivity (Wildman–Crippen MR) is 81.0 cm³/mol. The lowest BCUT2D eigenvalue weighted by Gasteiger charge is -2.07. The maximum absolute atomic E-state index is 13.0. The molecule has 116 valence electrons.